The Morgan fingerprint density at radius 2 is 1.40 bits per heavy atom. The van der Waals surface area contributed by atoms with Crippen LogP contribution in [0, 0.1) is 41.3 Å². The van der Waals surface area contributed by atoms with Gasteiger partial charge in [0.2, 0.25) is 0 Å². The average Bonchev–Trinajstić information content (AvgIpc) is 0.811. The van der Waals surface area contributed by atoms with Crippen molar-refractivity contribution in [3.63, 3.8) is 0 Å². The van der Waals surface area contributed by atoms with E-state index in [0.717, 1.165) is 0 Å². The molecule has 0 rings (SSSR count). The second kappa shape index (κ2) is 5.03. The van der Waals surface area contributed by atoms with Crippen molar-refractivity contribution < 1.29 is 46.1 Å². The van der Waals surface area contributed by atoms with Gasteiger partial charge in [0, 0.05) is 41.3 Å². The van der Waals surface area contributed by atoms with Crippen LogP contribution in [0.25, 0.3) is 0 Å². The van der Waals surface area contributed by atoms with Crippen LogP contribution < -0.4 is 0 Å². The first-order valence-corrected chi connectivity index (χ1v) is 1.20. The van der Waals surface area contributed by atoms with Gasteiger partial charge in [0.05, 0.1) is 0 Å². The smallest absolute Gasteiger partial charge is 0.126 e. The summed E-state index contributed by atoms with van der Waals surface area (Å²) in [4.78, 5) is 9.44. The van der Waals surface area contributed by atoms with E-state index >= 15 is 0 Å². The molecule has 0 saturated heterocycles. The Labute approximate surface area is 65.1 Å². The fraction of sp³-hybridized carbons (Fsp3) is 0.667. The summed E-state index contributed by atoms with van der Waals surface area (Å²) in [5.41, 5.74) is 0. The third-order valence-corrected chi connectivity index (χ3v) is 0. The van der Waals surface area contributed by atoms with Crippen molar-refractivity contribution in [1.29, 1.82) is 0 Å². The molecule has 0 aliphatic rings. The number of carbonyl (C=O) groups excluding carboxylic acids is 1. The van der Waals surface area contributed by atoms with Crippen molar-refractivity contribution in [3.8, 4) is 0 Å². The third kappa shape index (κ3) is 43.4. The van der Waals surface area contributed by atoms with Crippen molar-refractivity contribution in [2.75, 3.05) is 0 Å². The number of rotatable bonds is 0. The summed E-state index contributed by atoms with van der Waals surface area (Å²) >= 11 is 0. The summed E-state index contributed by atoms with van der Waals surface area (Å²) in [5, 5.41) is 0. The number of ketones is 1. The van der Waals surface area contributed by atoms with Crippen LogP contribution in [-0.2, 0) is 4.79 Å². The van der Waals surface area contributed by atoms with Gasteiger partial charge in [0.25, 0.3) is 0 Å². The molecule has 1 radical (unpaired) electrons. The molecule has 0 aromatic carbocycles. The quantitative estimate of drug-likeness (QED) is 0.558. The molecule has 0 aromatic heterocycles. The van der Waals surface area contributed by atoms with Crippen LogP contribution in [0.15, 0.2) is 0 Å². The van der Waals surface area contributed by atoms with Gasteiger partial charge in [-0.3, -0.25) is 0 Å². The second-order valence-corrected chi connectivity index (χ2v) is 0.908. The largest absolute Gasteiger partial charge is 0.300 e. The first-order chi connectivity index (χ1) is 1.73. The molecule has 2 heteroatoms. The van der Waals surface area contributed by atoms with Gasteiger partial charge in [-0.15, -0.1) is 0 Å². The van der Waals surface area contributed by atoms with Crippen LogP contribution in [0.4, 0.5) is 0 Å². The van der Waals surface area contributed by atoms with Gasteiger partial charge in [0.1, 0.15) is 5.78 Å². The van der Waals surface area contributed by atoms with E-state index in [0.29, 0.717) is 0 Å². The Morgan fingerprint density at radius 3 is 1.40 bits per heavy atom. The molecule has 0 aliphatic carbocycles. The first-order valence-electron chi connectivity index (χ1n) is 1.20. The molecule has 0 spiro atoms. The van der Waals surface area contributed by atoms with Gasteiger partial charge < -0.3 is 4.79 Å². The molecule has 0 heterocycles. The molecule has 0 aliphatic heterocycles. The molecule has 0 fully saturated rings. The van der Waals surface area contributed by atoms with Gasteiger partial charge in [-0.1, -0.05) is 0 Å². The minimum Gasteiger partial charge on any atom is -0.300 e. The Bertz CT molecular complexity index is 29.9. The van der Waals surface area contributed by atoms with Crippen molar-refractivity contribution in [3.05, 3.63) is 0 Å². The van der Waals surface area contributed by atoms with Crippen LogP contribution in [0.2, 0.25) is 0 Å². The number of hydrogen-bond acceptors (Lipinski definition) is 1. The first kappa shape index (κ1) is 9.40. The molecule has 0 unspecified atom stereocenters. The Morgan fingerprint density at radius 1 is 1.40 bits per heavy atom. The standard InChI is InChI=1S/C3H6O.Pr/c1-3(2)4;/h1-2H3;. The SMILES string of the molecule is CC(C)=O.[Pr]. The maximum Gasteiger partial charge on any atom is 0.126 e. The predicted octanol–water partition coefficient (Wildman–Crippen LogP) is 0.595. The molecule has 0 aromatic rings. The summed E-state index contributed by atoms with van der Waals surface area (Å²) < 4.78 is 0. The minimum absolute atomic E-state index is 0. The van der Waals surface area contributed by atoms with E-state index in [1.807, 2.05) is 0 Å². The molecule has 1 nitrogen and oxygen atoms in total. The van der Waals surface area contributed by atoms with Gasteiger partial charge in [0.15, 0.2) is 0 Å². The zero-order valence-electron chi connectivity index (χ0n) is 3.49. The summed E-state index contributed by atoms with van der Waals surface area (Å²) in [6.07, 6.45) is 0. The molecule has 0 amide bonds. The molecule has 5 heavy (non-hydrogen) atoms. The summed E-state index contributed by atoms with van der Waals surface area (Å²) in [6, 6.07) is 0. The maximum absolute atomic E-state index is 9.44. The summed E-state index contributed by atoms with van der Waals surface area (Å²) in [6.45, 7) is 3.06. The van der Waals surface area contributed by atoms with E-state index in [-0.39, 0.29) is 47.1 Å². The Hall–Kier alpha value is 1.03. The monoisotopic (exact) mass is 199 g/mol. The summed E-state index contributed by atoms with van der Waals surface area (Å²) in [5.74, 6) is 0.167. The van der Waals surface area contributed by atoms with Crippen molar-refractivity contribution in [1.82, 2.24) is 0 Å². The molecule has 27 valence electrons. The summed E-state index contributed by atoms with van der Waals surface area (Å²) in [7, 11) is 0. The zero-order valence-corrected chi connectivity index (χ0v) is 7.19. The zero-order chi connectivity index (χ0) is 3.58. The fourth-order valence-corrected chi connectivity index (χ4v) is 0. The normalized spacial score (nSPS) is 5.20. The van der Waals surface area contributed by atoms with Gasteiger partial charge in [-0.2, -0.15) is 0 Å². The maximum atomic E-state index is 9.44. The van der Waals surface area contributed by atoms with E-state index in [4.69, 9.17) is 0 Å². The topological polar surface area (TPSA) is 17.1 Å². The Kier molecular flexibility index (Phi) is 9.46. The van der Waals surface area contributed by atoms with E-state index in [1.165, 1.54) is 13.8 Å². The van der Waals surface area contributed by atoms with Crippen molar-refractivity contribution >= 4 is 5.78 Å². The average molecular weight is 199 g/mol. The third-order valence-electron chi connectivity index (χ3n) is 0. The predicted molar refractivity (Wildman–Crippen MR) is 16.4 cm³/mol. The van der Waals surface area contributed by atoms with Crippen LogP contribution >= 0.6 is 0 Å². The molecular weight excluding hydrogens is 193 g/mol. The molecule has 0 N–H and O–H groups in total. The van der Waals surface area contributed by atoms with Gasteiger partial charge >= 0.3 is 0 Å². The van der Waals surface area contributed by atoms with E-state index in [2.05, 4.69) is 0 Å². The molecule has 0 atom stereocenters. The fourth-order valence-electron chi connectivity index (χ4n) is 0. The Balaban J connectivity index is 0. The molecule has 0 bridgehead atoms. The van der Waals surface area contributed by atoms with Crippen molar-refractivity contribution in [2.24, 2.45) is 0 Å². The van der Waals surface area contributed by atoms with Crippen LogP contribution in [-0.4, -0.2) is 5.78 Å². The van der Waals surface area contributed by atoms with Crippen LogP contribution in [0.3, 0.4) is 0 Å². The minimum atomic E-state index is 0. The van der Waals surface area contributed by atoms with Crippen LogP contribution in [0.1, 0.15) is 13.8 Å². The number of Topliss-reactive ketones (excluding diaryl/α,β-unsaturated/α-hetero) is 1. The van der Waals surface area contributed by atoms with Crippen LogP contribution in [0.5, 0.6) is 0 Å². The number of carbonyl (C=O) groups is 1. The van der Waals surface area contributed by atoms with Crippen molar-refractivity contribution in [2.45, 2.75) is 13.8 Å². The molecular formula is C3H6OPr. The second-order valence-electron chi connectivity index (χ2n) is 0.908. The van der Waals surface area contributed by atoms with E-state index in [9.17, 15) is 4.79 Å². The van der Waals surface area contributed by atoms with E-state index in [1.54, 1.807) is 0 Å². The van der Waals surface area contributed by atoms with Gasteiger partial charge in [-0.05, 0) is 13.8 Å². The van der Waals surface area contributed by atoms with E-state index < -0.39 is 0 Å². The number of hydrogen-bond donors (Lipinski definition) is 0. The molecule has 0 saturated carbocycles. The van der Waals surface area contributed by atoms with Gasteiger partial charge in [-0.25, -0.2) is 0 Å².